The Morgan fingerprint density at radius 3 is 2.19 bits per heavy atom. The largest absolute Gasteiger partial charge is 0.497 e. The summed E-state index contributed by atoms with van der Waals surface area (Å²) >= 11 is 6.06. The number of benzene rings is 3. The highest BCUT2D eigenvalue weighted by Crippen LogP contribution is 2.26. The molecule has 0 N–H and O–H groups in total. The predicted molar refractivity (Wildman–Crippen MR) is 147 cm³/mol. The number of halogens is 1. The van der Waals surface area contributed by atoms with Crippen molar-refractivity contribution in [1.29, 1.82) is 0 Å². The van der Waals surface area contributed by atoms with Crippen molar-refractivity contribution in [3.05, 3.63) is 105 Å². The van der Waals surface area contributed by atoms with Gasteiger partial charge < -0.3 is 9.30 Å². The average Bonchev–Trinajstić information content (AvgIpc) is 3.21. The summed E-state index contributed by atoms with van der Waals surface area (Å²) in [5.41, 5.74) is 5.35. The van der Waals surface area contributed by atoms with E-state index in [0.29, 0.717) is 46.1 Å². The molecule has 0 saturated heterocycles. The van der Waals surface area contributed by atoms with Crippen molar-refractivity contribution in [3.63, 3.8) is 0 Å². The van der Waals surface area contributed by atoms with Crippen molar-refractivity contribution in [2.75, 3.05) is 7.11 Å². The van der Waals surface area contributed by atoms with E-state index in [-0.39, 0.29) is 5.56 Å². The Labute approximate surface area is 218 Å². The number of hydrogen-bond acceptors (Lipinski definition) is 5. The van der Waals surface area contributed by atoms with E-state index in [9.17, 15) is 4.79 Å². The third kappa shape index (κ3) is 4.21. The lowest BCUT2D eigenvalue weighted by atomic mass is 10.1. The van der Waals surface area contributed by atoms with E-state index in [1.54, 1.807) is 11.7 Å². The first-order valence-electron chi connectivity index (χ1n) is 12.1. The molecule has 0 atom stereocenters. The number of aromatic nitrogens is 5. The fourth-order valence-corrected chi connectivity index (χ4v) is 4.83. The molecule has 6 aromatic rings. The van der Waals surface area contributed by atoms with Gasteiger partial charge >= 0.3 is 0 Å². The highest BCUT2D eigenvalue weighted by molar-refractivity contribution is 6.30. The maximum atomic E-state index is 13.9. The topological polar surface area (TPSA) is 74.8 Å². The molecule has 184 valence electrons. The molecule has 0 amide bonds. The zero-order chi connectivity index (χ0) is 25.5. The van der Waals surface area contributed by atoms with Gasteiger partial charge in [0.1, 0.15) is 22.5 Å². The number of ether oxygens (including phenoxy) is 1. The van der Waals surface area contributed by atoms with Crippen LogP contribution in [0, 0.1) is 6.92 Å². The van der Waals surface area contributed by atoms with Gasteiger partial charge in [0.15, 0.2) is 11.3 Å². The molecular weight excluding hydrogens is 486 g/mol. The van der Waals surface area contributed by atoms with Crippen molar-refractivity contribution in [3.8, 4) is 5.75 Å². The van der Waals surface area contributed by atoms with E-state index in [0.717, 1.165) is 34.3 Å². The second-order valence-electron chi connectivity index (χ2n) is 9.01. The van der Waals surface area contributed by atoms with E-state index < -0.39 is 0 Å². The van der Waals surface area contributed by atoms with Crippen LogP contribution in [0.25, 0.3) is 33.2 Å². The van der Waals surface area contributed by atoms with Gasteiger partial charge in [0.25, 0.3) is 5.56 Å². The van der Waals surface area contributed by atoms with Crippen molar-refractivity contribution in [2.45, 2.75) is 26.4 Å². The molecule has 0 radical (unpaired) electrons. The van der Waals surface area contributed by atoms with Gasteiger partial charge in [-0.05, 0) is 60.9 Å². The number of aryl methyl sites for hydroxylation is 3. The van der Waals surface area contributed by atoms with Gasteiger partial charge in [-0.15, -0.1) is 0 Å². The molecule has 0 fully saturated rings. The van der Waals surface area contributed by atoms with Crippen LogP contribution in [0.3, 0.4) is 0 Å². The van der Waals surface area contributed by atoms with Gasteiger partial charge in [-0.25, -0.2) is 15.0 Å². The number of nitrogens with zero attached hydrogens (tertiary/aromatic N) is 5. The van der Waals surface area contributed by atoms with Gasteiger partial charge in [0, 0.05) is 11.6 Å². The summed E-state index contributed by atoms with van der Waals surface area (Å²) in [6.07, 6.45) is 0.742. The van der Waals surface area contributed by atoms with E-state index in [4.69, 9.17) is 31.3 Å². The van der Waals surface area contributed by atoms with Crippen molar-refractivity contribution in [2.24, 2.45) is 0 Å². The lowest BCUT2D eigenvalue weighted by Crippen LogP contribution is -2.24. The van der Waals surface area contributed by atoms with E-state index in [1.165, 1.54) is 0 Å². The molecule has 3 aromatic carbocycles. The van der Waals surface area contributed by atoms with Crippen LogP contribution in [0.5, 0.6) is 5.75 Å². The van der Waals surface area contributed by atoms with Crippen LogP contribution in [0.2, 0.25) is 5.02 Å². The first-order chi connectivity index (χ1) is 18.0. The molecule has 0 aliphatic carbocycles. The summed E-state index contributed by atoms with van der Waals surface area (Å²) in [4.78, 5) is 28.7. The highest BCUT2D eigenvalue weighted by atomic mass is 35.5. The molecule has 6 rings (SSSR count). The second-order valence-corrected chi connectivity index (χ2v) is 9.45. The Hall–Kier alpha value is -4.23. The smallest absolute Gasteiger partial charge is 0.265 e. The summed E-state index contributed by atoms with van der Waals surface area (Å²) in [6, 6.07) is 23.2. The van der Waals surface area contributed by atoms with Crippen LogP contribution in [-0.2, 0) is 19.5 Å². The Balaban J connectivity index is 1.53. The maximum absolute atomic E-state index is 13.9. The zero-order valence-electron chi connectivity index (χ0n) is 20.5. The molecule has 3 aromatic heterocycles. The maximum Gasteiger partial charge on any atom is 0.265 e. The van der Waals surface area contributed by atoms with Crippen LogP contribution in [-0.4, -0.2) is 31.2 Å². The minimum absolute atomic E-state index is 0.129. The van der Waals surface area contributed by atoms with Crippen LogP contribution < -0.4 is 10.3 Å². The van der Waals surface area contributed by atoms with Crippen molar-refractivity contribution in [1.82, 2.24) is 24.1 Å². The Kier molecular flexibility index (Phi) is 5.85. The molecule has 0 spiro atoms. The van der Waals surface area contributed by atoms with Crippen LogP contribution in [0.1, 0.15) is 17.0 Å². The quantitative estimate of drug-likeness (QED) is 0.294. The normalized spacial score (nSPS) is 11.5. The van der Waals surface area contributed by atoms with Crippen LogP contribution in [0.15, 0.2) is 77.6 Å². The van der Waals surface area contributed by atoms with E-state index >= 15 is 0 Å². The second kappa shape index (κ2) is 9.33. The fraction of sp³-hybridized carbons (Fsp3) is 0.172. The zero-order valence-corrected chi connectivity index (χ0v) is 21.2. The number of hydrogen-bond donors (Lipinski definition) is 0. The molecule has 0 bridgehead atoms. The van der Waals surface area contributed by atoms with Gasteiger partial charge in [-0.1, -0.05) is 48.0 Å². The molecule has 0 unspecified atom stereocenters. The van der Waals surface area contributed by atoms with Crippen molar-refractivity contribution < 1.29 is 4.74 Å². The highest BCUT2D eigenvalue weighted by Gasteiger charge is 2.21. The summed E-state index contributed by atoms with van der Waals surface area (Å²) in [5.74, 6) is 1.45. The summed E-state index contributed by atoms with van der Waals surface area (Å²) < 4.78 is 9.00. The monoisotopic (exact) mass is 509 g/mol. The molecule has 7 nitrogen and oxygen atoms in total. The van der Waals surface area contributed by atoms with Gasteiger partial charge in [0.2, 0.25) is 0 Å². The number of para-hydroxylation sites is 2. The summed E-state index contributed by atoms with van der Waals surface area (Å²) in [5, 5.41) is 1.14. The van der Waals surface area contributed by atoms with Gasteiger partial charge in [-0.2, -0.15) is 0 Å². The number of rotatable bonds is 6. The molecule has 3 heterocycles. The first-order valence-corrected chi connectivity index (χ1v) is 12.4. The van der Waals surface area contributed by atoms with E-state index in [2.05, 4.69) is 0 Å². The Bertz CT molecular complexity index is 1820. The van der Waals surface area contributed by atoms with Gasteiger partial charge in [-0.3, -0.25) is 9.36 Å². The lowest BCUT2D eigenvalue weighted by Gasteiger charge is -2.11. The van der Waals surface area contributed by atoms with E-state index in [1.807, 2.05) is 84.3 Å². The van der Waals surface area contributed by atoms with Crippen molar-refractivity contribution >= 4 is 44.8 Å². The predicted octanol–water partition coefficient (Wildman–Crippen LogP) is 5.56. The third-order valence-corrected chi connectivity index (χ3v) is 6.93. The van der Waals surface area contributed by atoms with Crippen LogP contribution in [0.4, 0.5) is 0 Å². The van der Waals surface area contributed by atoms with Crippen LogP contribution >= 0.6 is 11.6 Å². The summed E-state index contributed by atoms with van der Waals surface area (Å²) in [7, 11) is 1.66. The lowest BCUT2D eigenvalue weighted by molar-refractivity contribution is 0.414. The molecule has 0 aliphatic heterocycles. The number of fused-ring (bicyclic) bond motifs is 4. The molecule has 8 heteroatoms. The standard InChI is InChI=1S/C29H24ClN5O2/c1-18-31-27-25(29(36)35(18)17-20-7-11-21(30)12-8-20)26-28(33-24-6-4-3-5-23(24)32-26)34(27)16-15-19-9-13-22(37-2)14-10-19/h3-14H,15-17H2,1-2H3. The number of methoxy groups -OCH3 is 1. The Morgan fingerprint density at radius 1 is 0.811 bits per heavy atom. The first kappa shape index (κ1) is 23.2. The minimum atomic E-state index is -0.129. The average molecular weight is 510 g/mol. The molecular formula is C29H24ClN5O2. The third-order valence-electron chi connectivity index (χ3n) is 6.68. The fourth-order valence-electron chi connectivity index (χ4n) is 4.70. The Morgan fingerprint density at radius 2 is 1.49 bits per heavy atom. The minimum Gasteiger partial charge on any atom is -0.497 e. The molecule has 37 heavy (non-hydrogen) atoms. The SMILES string of the molecule is COc1ccc(CCn2c3nc4ccccc4nc3c3c(=O)n(Cc4ccc(Cl)cc4)c(C)nc32)cc1. The van der Waals surface area contributed by atoms with Gasteiger partial charge in [0.05, 0.1) is 24.7 Å². The molecule has 0 aliphatic rings. The summed E-state index contributed by atoms with van der Waals surface area (Å²) in [6.45, 7) is 2.86. The molecule has 0 saturated carbocycles.